The fourth-order valence-electron chi connectivity index (χ4n) is 3.10. The van der Waals surface area contributed by atoms with E-state index in [1.165, 1.54) is 17.7 Å². The van der Waals surface area contributed by atoms with Gasteiger partial charge in [0.25, 0.3) is 0 Å². The molecule has 0 bridgehead atoms. The smallest absolute Gasteiger partial charge is 0.335 e. The Hall–Kier alpha value is -2.66. The van der Waals surface area contributed by atoms with Gasteiger partial charge in [-0.1, -0.05) is 43.3 Å². The molecule has 2 aromatic rings. The number of amides is 1. The van der Waals surface area contributed by atoms with E-state index in [0.717, 1.165) is 17.5 Å². The number of aromatic carboxylic acids is 1. The third-order valence-corrected chi connectivity index (χ3v) is 4.74. The first-order valence-electron chi connectivity index (χ1n) is 8.87. The van der Waals surface area contributed by atoms with Crippen LogP contribution in [0, 0.1) is 0 Å². The fraction of sp³-hybridized carbons (Fsp3) is 0.333. The molecule has 26 heavy (non-hydrogen) atoms. The number of hydrogen-bond acceptors (Lipinski definition) is 3. The molecule has 0 saturated carbocycles. The molecule has 1 saturated heterocycles. The molecule has 1 amide bonds. The van der Waals surface area contributed by atoms with Gasteiger partial charge in [-0.2, -0.15) is 0 Å². The van der Waals surface area contributed by atoms with E-state index in [0.29, 0.717) is 19.7 Å². The predicted molar refractivity (Wildman–Crippen MR) is 98.2 cm³/mol. The van der Waals surface area contributed by atoms with Crippen LogP contribution in [-0.4, -0.2) is 41.6 Å². The maximum atomic E-state index is 12.6. The molecule has 136 valence electrons. The summed E-state index contributed by atoms with van der Waals surface area (Å²) < 4.78 is 5.85. The summed E-state index contributed by atoms with van der Waals surface area (Å²) >= 11 is 0. The van der Waals surface area contributed by atoms with Gasteiger partial charge >= 0.3 is 5.97 Å². The number of carbonyl (C=O) groups excluding carboxylic acids is 1. The average molecular weight is 353 g/mol. The Balaban J connectivity index is 1.62. The van der Waals surface area contributed by atoms with E-state index < -0.39 is 5.97 Å². The molecular weight excluding hydrogens is 330 g/mol. The van der Waals surface area contributed by atoms with Gasteiger partial charge in [-0.05, 0) is 35.2 Å². The summed E-state index contributed by atoms with van der Waals surface area (Å²) in [6, 6.07) is 14.8. The topological polar surface area (TPSA) is 66.8 Å². The molecule has 0 radical (unpaired) electrons. The zero-order chi connectivity index (χ0) is 18.5. The number of morpholine rings is 1. The highest BCUT2D eigenvalue weighted by atomic mass is 16.5. The lowest BCUT2D eigenvalue weighted by Crippen LogP contribution is -2.43. The molecule has 0 spiro atoms. The lowest BCUT2D eigenvalue weighted by Gasteiger charge is -2.33. The Bertz CT molecular complexity index is 768. The molecule has 1 atom stereocenters. The van der Waals surface area contributed by atoms with Crippen LogP contribution in [0.3, 0.4) is 0 Å². The summed E-state index contributed by atoms with van der Waals surface area (Å²) in [5.41, 5.74) is 3.41. The van der Waals surface area contributed by atoms with Gasteiger partial charge < -0.3 is 14.7 Å². The van der Waals surface area contributed by atoms with Gasteiger partial charge in [-0.25, -0.2) is 4.79 Å². The maximum Gasteiger partial charge on any atom is 0.335 e. The average Bonchev–Trinajstić information content (AvgIpc) is 2.68. The Morgan fingerprint density at radius 1 is 1.08 bits per heavy atom. The highest BCUT2D eigenvalue weighted by Crippen LogP contribution is 2.23. The Kier molecular flexibility index (Phi) is 5.68. The maximum absolute atomic E-state index is 12.6. The first-order chi connectivity index (χ1) is 12.6. The van der Waals surface area contributed by atoms with Crippen molar-refractivity contribution in [1.82, 2.24) is 4.90 Å². The van der Waals surface area contributed by atoms with Crippen molar-refractivity contribution < 1.29 is 19.4 Å². The SMILES string of the molecule is CCc1ccc(C2CN(C(=O)Cc3ccc(C(=O)O)cc3)CCO2)cc1. The first kappa shape index (κ1) is 18.1. The lowest BCUT2D eigenvalue weighted by atomic mass is 10.0. The van der Waals surface area contributed by atoms with Crippen molar-refractivity contribution >= 4 is 11.9 Å². The summed E-state index contributed by atoms with van der Waals surface area (Å²) in [6.45, 7) is 3.76. The fourth-order valence-corrected chi connectivity index (χ4v) is 3.10. The van der Waals surface area contributed by atoms with Gasteiger partial charge in [-0.3, -0.25) is 4.79 Å². The number of rotatable bonds is 5. The van der Waals surface area contributed by atoms with Crippen LogP contribution in [0.2, 0.25) is 0 Å². The quantitative estimate of drug-likeness (QED) is 0.897. The molecule has 5 heteroatoms. The Morgan fingerprint density at radius 3 is 2.35 bits per heavy atom. The summed E-state index contributed by atoms with van der Waals surface area (Å²) in [4.78, 5) is 25.3. The largest absolute Gasteiger partial charge is 0.478 e. The van der Waals surface area contributed by atoms with Crippen LogP contribution >= 0.6 is 0 Å². The second-order valence-corrected chi connectivity index (χ2v) is 6.47. The van der Waals surface area contributed by atoms with E-state index in [-0.39, 0.29) is 24.0 Å². The van der Waals surface area contributed by atoms with Gasteiger partial charge in [0.2, 0.25) is 5.91 Å². The number of aryl methyl sites for hydroxylation is 1. The van der Waals surface area contributed by atoms with Crippen LogP contribution in [0.5, 0.6) is 0 Å². The highest BCUT2D eigenvalue weighted by molar-refractivity contribution is 5.87. The minimum Gasteiger partial charge on any atom is -0.478 e. The van der Waals surface area contributed by atoms with E-state index in [1.54, 1.807) is 12.1 Å². The van der Waals surface area contributed by atoms with Crippen LogP contribution < -0.4 is 0 Å². The normalized spacial score (nSPS) is 17.1. The van der Waals surface area contributed by atoms with Crippen LogP contribution in [0.25, 0.3) is 0 Å². The molecule has 0 aromatic heterocycles. The van der Waals surface area contributed by atoms with Crippen molar-refractivity contribution in [3.05, 3.63) is 70.8 Å². The highest BCUT2D eigenvalue weighted by Gasteiger charge is 2.25. The molecule has 1 unspecified atom stereocenters. The van der Waals surface area contributed by atoms with Crippen molar-refractivity contribution in [2.24, 2.45) is 0 Å². The van der Waals surface area contributed by atoms with E-state index in [9.17, 15) is 9.59 Å². The molecule has 1 aliphatic heterocycles. The van der Waals surface area contributed by atoms with Gasteiger partial charge in [0.05, 0.1) is 25.1 Å². The third-order valence-electron chi connectivity index (χ3n) is 4.74. The summed E-state index contributed by atoms with van der Waals surface area (Å²) in [7, 11) is 0. The van der Waals surface area contributed by atoms with Crippen molar-refractivity contribution in [3.63, 3.8) is 0 Å². The number of nitrogens with zero attached hydrogens (tertiary/aromatic N) is 1. The van der Waals surface area contributed by atoms with E-state index >= 15 is 0 Å². The van der Waals surface area contributed by atoms with E-state index in [4.69, 9.17) is 9.84 Å². The molecule has 1 heterocycles. The van der Waals surface area contributed by atoms with Gasteiger partial charge in [-0.15, -0.1) is 0 Å². The number of benzene rings is 2. The Labute approximate surface area is 153 Å². The number of ether oxygens (including phenoxy) is 1. The van der Waals surface area contributed by atoms with Crippen molar-refractivity contribution in [3.8, 4) is 0 Å². The second kappa shape index (κ2) is 8.15. The molecule has 2 aromatic carbocycles. The summed E-state index contributed by atoms with van der Waals surface area (Å²) in [6.07, 6.45) is 1.16. The first-order valence-corrected chi connectivity index (χ1v) is 8.87. The van der Waals surface area contributed by atoms with Crippen molar-refractivity contribution in [2.75, 3.05) is 19.7 Å². The van der Waals surface area contributed by atoms with Crippen molar-refractivity contribution in [2.45, 2.75) is 25.9 Å². The van der Waals surface area contributed by atoms with Gasteiger partial charge in [0, 0.05) is 6.54 Å². The molecular formula is C21H23NO4. The molecule has 1 fully saturated rings. The van der Waals surface area contributed by atoms with Crippen LogP contribution in [0.15, 0.2) is 48.5 Å². The number of carboxylic acid groups (broad SMARTS) is 1. The summed E-state index contributed by atoms with van der Waals surface area (Å²) in [5, 5.41) is 8.94. The second-order valence-electron chi connectivity index (χ2n) is 6.47. The zero-order valence-corrected chi connectivity index (χ0v) is 14.9. The zero-order valence-electron chi connectivity index (χ0n) is 14.9. The van der Waals surface area contributed by atoms with Crippen molar-refractivity contribution in [1.29, 1.82) is 0 Å². The monoisotopic (exact) mass is 353 g/mol. The number of hydrogen-bond donors (Lipinski definition) is 1. The van der Waals surface area contributed by atoms with Gasteiger partial charge in [0.1, 0.15) is 6.10 Å². The minimum atomic E-state index is -0.965. The minimum absolute atomic E-state index is 0.0338. The number of carboxylic acids is 1. The summed E-state index contributed by atoms with van der Waals surface area (Å²) in [5.74, 6) is -0.931. The molecule has 1 N–H and O–H groups in total. The Morgan fingerprint density at radius 2 is 1.73 bits per heavy atom. The standard InChI is InChI=1S/C21H23NO4/c1-2-15-3-7-17(8-4-15)19-14-22(11-12-26-19)20(23)13-16-5-9-18(10-6-16)21(24)25/h3-10,19H,2,11-14H2,1H3,(H,24,25). The molecule has 3 rings (SSSR count). The van der Waals surface area contributed by atoms with Gasteiger partial charge in [0.15, 0.2) is 0 Å². The lowest BCUT2D eigenvalue weighted by molar-refractivity contribution is -0.138. The van der Waals surface area contributed by atoms with Crippen LogP contribution in [-0.2, 0) is 22.4 Å². The van der Waals surface area contributed by atoms with Crippen LogP contribution in [0.1, 0.15) is 40.1 Å². The number of carbonyl (C=O) groups is 2. The molecule has 1 aliphatic rings. The van der Waals surface area contributed by atoms with E-state index in [1.807, 2.05) is 4.90 Å². The molecule has 0 aliphatic carbocycles. The molecule has 5 nitrogen and oxygen atoms in total. The van der Waals surface area contributed by atoms with Crippen LogP contribution in [0.4, 0.5) is 0 Å². The van der Waals surface area contributed by atoms with E-state index in [2.05, 4.69) is 31.2 Å². The predicted octanol–water partition coefficient (Wildman–Crippen LogP) is 3.09. The third kappa shape index (κ3) is 4.29.